The van der Waals surface area contributed by atoms with Crippen molar-refractivity contribution in [1.82, 2.24) is 4.90 Å². The molecule has 2 aliphatic carbocycles. The predicted octanol–water partition coefficient (Wildman–Crippen LogP) is 3.40. The summed E-state index contributed by atoms with van der Waals surface area (Å²) in [5, 5.41) is 18.3. The maximum atomic E-state index is 11.4. The van der Waals surface area contributed by atoms with E-state index in [9.17, 15) is 9.90 Å². The molecule has 2 aromatic carbocycles. The highest BCUT2D eigenvalue weighted by molar-refractivity contribution is 5.78. The van der Waals surface area contributed by atoms with E-state index in [1.165, 1.54) is 11.1 Å². The second-order valence-electron chi connectivity index (χ2n) is 9.11. The van der Waals surface area contributed by atoms with Crippen LogP contribution in [0.5, 0.6) is 5.75 Å². The van der Waals surface area contributed by atoms with Gasteiger partial charge in [0.05, 0.1) is 17.0 Å². The van der Waals surface area contributed by atoms with Gasteiger partial charge in [0.25, 0.3) is 0 Å². The molecule has 2 aromatic rings. The van der Waals surface area contributed by atoms with Gasteiger partial charge in [-0.05, 0) is 66.6 Å². The zero-order chi connectivity index (χ0) is 20.1. The molecule has 29 heavy (non-hydrogen) atoms. The van der Waals surface area contributed by atoms with Gasteiger partial charge in [0, 0.05) is 25.0 Å². The number of carboxylic acid groups (broad SMARTS) is 1. The molecule has 1 heterocycles. The molecule has 0 radical (unpaired) electrons. The first-order valence-corrected chi connectivity index (χ1v) is 10.2. The molecule has 1 saturated carbocycles. The zero-order valence-electron chi connectivity index (χ0n) is 16.4. The van der Waals surface area contributed by atoms with E-state index < -0.39 is 11.4 Å². The summed E-state index contributed by atoms with van der Waals surface area (Å²) < 4.78 is 5.97. The predicted molar refractivity (Wildman–Crippen MR) is 108 cm³/mol. The van der Waals surface area contributed by atoms with Crippen LogP contribution >= 0.6 is 0 Å². The minimum atomic E-state index is -0.628. The maximum Gasteiger partial charge on any atom is 0.310 e. The van der Waals surface area contributed by atoms with Crippen LogP contribution in [-0.4, -0.2) is 35.6 Å². The first-order valence-electron chi connectivity index (χ1n) is 10.2. The smallest absolute Gasteiger partial charge is 0.310 e. The summed E-state index contributed by atoms with van der Waals surface area (Å²) in [7, 11) is 0. The van der Waals surface area contributed by atoms with E-state index in [-0.39, 0.29) is 5.41 Å². The molecule has 2 fully saturated rings. The molecular weight excluding hydrogens is 364 g/mol. The summed E-state index contributed by atoms with van der Waals surface area (Å²) in [4.78, 5) is 13.8. The van der Waals surface area contributed by atoms with Crippen molar-refractivity contribution in [2.75, 3.05) is 19.6 Å². The Morgan fingerprint density at radius 3 is 2.48 bits per heavy atom. The summed E-state index contributed by atoms with van der Waals surface area (Å²) in [5.74, 6) is 0.251. The van der Waals surface area contributed by atoms with Crippen LogP contribution in [0.3, 0.4) is 0 Å². The van der Waals surface area contributed by atoms with Crippen molar-refractivity contribution < 1.29 is 14.6 Å². The Bertz CT molecular complexity index is 996. The number of fused-ring (bicyclic) bond motifs is 1. The Labute approximate surface area is 170 Å². The lowest BCUT2D eigenvalue weighted by Gasteiger charge is -2.49. The number of carboxylic acids is 1. The number of aliphatic carboxylic acids is 1. The van der Waals surface area contributed by atoms with Gasteiger partial charge in [-0.15, -0.1) is 0 Å². The van der Waals surface area contributed by atoms with E-state index in [1.54, 1.807) is 0 Å². The van der Waals surface area contributed by atoms with Crippen LogP contribution in [0.4, 0.5) is 0 Å². The third-order valence-corrected chi connectivity index (χ3v) is 6.75. The first kappa shape index (κ1) is 18.2. The fourth-order valence-electron chi connectivity index (χ4n) is 5.00. The first-order chi connectivity index (χ1) is 14.0. The monoisotopic (exact) mass is 388 g/mol. The molecule has 5 heteroatoms. The summed E-state index contributed by atoms with van der Waals surface area (Å²) in [6, 6.07) is 16.0. The molecule has 0 atom stereocenters. The number of likely N-dealkylation sites (tertiary alicyclic amines) is 1. The van der Waals surface area contributed by atoms with Gasteiger partial charge in [0.15, 0.2) is 0 Å². The Hall–Kier alpha value is -2.84. The summed E-state index contributed by atoms with van der Waals surface area (Å²) >= 11 is 0. The van der Waals surface area contributed by atoms with Gasteiger partial charge in [0.2, 0.25) is 0 Å². The molecule has 0 amide bonds. The van der Waals surface area contributed by atoms with Gasteiger partial charge in [0.1, 0.15) is 12.4 Å². The zero-order valence-corrected chi connectivity index (χ0v) is 16.4. The van der Waals surface area contributed by atoms with Crippen LogP contribution < -0.4 is 4.74 Å². The Kier molecular flexibility index (Phi) is 4.15. The third kappa shape index (κ3) is 3.38. The molecule has 1 aliphatic heterocycles. The number of ether oxygens (including phenoxy) is 1. The molecule has 5 rings (SSSR count). The Balaban J connectivity index is 1.18. The lowest BCUT2D eigenvalue weighted by molar-refractivity contribution is -0.145. The average molecular weight is 388 g/mol. The van der Waals surface area contributed by atoms with Crippen LogP contribution in [0.1, 0.15) is 35.1 Å². The molecule has 1 saturated heterocycles. The van der Waals surface area contributed by atoms with E-state index >= 15 is 0 Å². The Morgan fingerprint density at radius 1 is 1.10 bits per heavy atom. The molecule has 148 valence electrons. The molecule has 3 aliphatic rings. The molecule has 5 nitrogen and oxygen atoms in total. The topological polar surface area (TPSA) is 73.6 Å². The van der Waals surface area contributed by atoms with Crippen molar-refractivity contribution in [3.63, 3.8) is 0 Å². The summed E-state index contributed by atoms with van der Waals surface area (Å²) in [6.45, 7) is 3.19. The lowest BCUT2D eigenvalue weighted by Crippen LogP contribution is -2.58. The van der Waals surface area contributed by atoms with Crippen molar-refractivity contribution in [3.05, 3.63) is 64.7 Å². The van der Waals surface area contributed by atoms with E-state index in [2.05, 4.69) is 23.1 Å². The minimum Gasteiger partial charge on any atom is -0.489 e. The van der Waals surface area contributed by atoms with Crippen LogP contribution in [-0.2, 0) is 24.2 Å². The number of nitrogens with zero attached hydrogens (tertiary/aromatic N) is 2. The van der Waals surface area contributed by atoms with Gasteiger partial charge in [-0.1, -0.05) is 18.2 Å². The van der Waals surface area contributed by atoms with Crippen LogP contribution in [0, 0.1) is 22.2 Å². The largest absolute Gasteiger partial charge is 0.489 e. The molecular formula is C24H24N2O3. The second kappa shape index (κ2) is 6.60. The maximum absolute atomic E-state index is 11.4. The lowest BCUT2D eigenvalue weighted by atomic mass is 9.76. The van der Waals surface area contributed by atoms with Gasteiger partial charge in [-0.3, -0.25) is 4.79 Å². The van der Waals surface area contributed by atoms with Gasteiger partial charge in [-0.25, -0.2) is 0 Å². The van der Waals surface area contributed by atoms with Crippen LogP contribution in [0.15, 0.2) is 42.5 Å². The quantitative estimate of drug-likeness (QED) is 0.821. The molecule has 1 spiro atoms. The third-order valence-electron chi connectivity index (χ3n) is 6.75. The molecule has 1 N–H and O–H groups in total. The van der Waals surface area contributed by atoms with E-state index in [0.29, 0.717) is 18.7 Å². The van der Waals surface area contributed by atoms with E-state index in [1.807, 2.05) is 30.3 Å². The number of rotatable bonds is 6. The average Bonchev–Trinajstić information content (AvgIpc) is 3.38. The molecule has 0 unspecified atom stereocenters. The second-order valence-corrected chi connectivity index (χ2v) is 9.11. The fourth-order valence-corrected chi connectivity index (χ4v) is 5.00. The van der Waals surface area contributed by atoms with Crippen molar-refractivity contribution in [3.8, 4) is 11.8 Å². The van der Waals surface area contributed by atoms with Gasteiger partial charge >= 0.3 is 5.97 Å². The van der Waals surface area contributed by atoms with Crippen LogP contribution in [0.25, 0.3) is 0 Å². The van der Waals surface area contributed by atoms with Crippen molar-refractivity contribution >= 4 is 5.97 Å². The molecule has 0 bridgehead atoms. The SMILES string of the molecule is N#Cc1ccc(COc2ccc3c(c2)CC2(C3)CN(CC3(C(=O)O)CC3)C2)cc1. The highest BCUT2D eigenvalue weighted by Gasteiger charge is 2.55. The summed E-state index contributed by atoms with van der Waals surface area (Å²) in [5.41, 5.74) is 4.28. The molecule has 0 aromatic heterocycles. The Morgan fingerprint density at radius 2 is 1.83 bits per heavy atom. The van der Waals surface area contributed by atoms with E-state index in [4.69, 9.17) is 10.00 Å². The van der Waals surface area contributed by atoms with Crippen molar-refractivity contribution in [1.29, 1.82) is 5.26 Å². The number of hydrogen-bond donors (Lipinski definition) is 1. The number of hydrogen-bond acceptors (Lipinski definition) is 4. The number of carbonyl (C=O) groups is 1. The highest BCUT2D eigenvalue weighted by atomic mass is 16.5. The standard InChI is InChI=1S/C24H24N2O3/c25-12-17-1-3-18(4-2-17)13-29-21-6-5-19-10-23(11-20(19)9-21)14-26(15-23)16-24(7-8-24)22(27)28/h1-6,9H,7-8,10-11,13-16H2,(H,27,28). The van der Waals surface area contributed by atoms with Crippen molar-refractivity contribution in [2.45, 2.75) is 32.3 Å². The van der Waals surface area contributed by atoms with Crippen LogP contribution in [0.2, 0.25) is 0 Å². The number of nitriles is 1. The normalized spacial score (nSPS) is 20.5. The minimum absolute atomic E-state index is 0.280. The number of benzene rings is 2. The summed E-state index contributed by atoms with van der Waals surface area (Å²) in [6.07, 6.45) is 3.78. The highest BCUT2D eigenvalue weighted by Crippen LogP contribution is 2.51. The van der Waals surface area contributed by atoms with E-state index in [0.717, 1.165) is 50.1 Å². The fraction of sp³-hybridized carbons (Fsp3) is 0.417. The van der Waals surface area contributed by atoms with Crippen molar-refractivity contribution in [2.24, 2.45) is 10.8 Å². The van der Waals surface area contributed by atoms with Gasteiger partial charge < -0.3 is 14.7 Å². The van der Waals surface area contributed by atoms with Gasteiger partial charge in [-0.2, -0.15) is 5.26 Å².